The number of carbonyl (C=O) groups is 1. The van der Waals surface area contributed by atoms with Crippen LogP contribution in [0.1, 0.15) is 42.2 Å². The number of amides is 1. The molecule has 0 bridgehead atoms. The maximum absolute atomic E-state index is 11.0. The number of aryl methyl sites for hydroxylation is 2. The predicted octanol–water partition coefficient (Wildman–Crippen LogP) is 1.37. The zero-order chi connectivity index (χ0) is 17.3. The molecule has 2 aromatic rings. The topological polar surface area (TPSA) is 68.0 Å². The maximum atomic E-state index is 11.0. The summed E-state index contributed by atoms with van der Waals surface area (Å²) >= 11 is 0. The summed E-state index contributed by atoms with van der Waals surface area (Å²) in [4.78, 5) is 13.5. The summed E-state index contributed by atoms with van der Waals surface area (Å²) in [5, 5.41) is 12.0. The zero-order valence-electron chi connectivity index (χ0n) is 15.0. The van der Waals surface area contributed by atoms with Gasteiger partial charge in [-0.2, -0.15) is 10.2 Å². The SMILES string of the molecule is CCn1nc(C)c(CN2CCn3nc(CNC(C)=O)cc3C2)c1C. The van der Waals surface area contributed by atoms with Crippen molar-refractivity contribution in [2.45, 2.75) is 60.4 Å². The monoisotopic (exact) mass is 330 g/mol. The molecule has 0 fully saturated rings. The van der Waals surface area contributed by atoms with Gasteiger partial charge in [0.1, 0.15) is 0 Å². The van der Waals surface area contributed by atoms with Gasteiger partial charge in [0.25, 0.3) is 0 Å². The van der Waals surface area contributed by atoms with Gasteiger partial charge in [0.2, 0.25) is 5.91 Å². The molecule has 7 heteroatoms. The molecule has 7 nitrogen and oxygen atoms in total. The number of fused-ring (bicyclic) bond motifs is 1. The number of nitrogens with zero attached hydrogens (tertiary/aromatic N) is 5. The molecule has 0 atom stereocenters. The van der Waals surface area contributed by atoms with E-state index in [0.29, 0.717) is 6.54 Å². The molecule has 0 saturated heterocycles. The lowest BCUT2D eigenvalue weighted by Crippen LogP contribution is -2.33. The largest absolute Gasteiger partial charge is 0.351 e. The summed E-state index contributed by atoms with van der Waals surface area (Å²) in [5.41, 5.74) is 5.86. The van der Waals surface area contributed by atoms with Crippen LogP contribution in [0.5, 0.6) is 0 Å². The third-order valence-electron chi connectivity index (χ3n) is 4.66. The molecular weight excluding hydrogens is 304 g/mol. The number of rotatable bonds is 5. The fourth-order valence-corrected chi connectivity index (χ4v) is 3.31. The first-order valence-corrected chi connectivity index (χ1v) is 8.53. The summed E-state index contributed by atoms with van der Waals surface area (Å²) in [6.07, 6.45) is 0. The molecule has 0 aromatic carbocycles. The molecule has 1 aliphatic heterocycles. The van der Waals surface area contributed by atoms with Crippen LogP contribution in [-0.2, 0) is 37.5 Å². The summed E-state index contributed by atoms with van der Waals surface area (Å²) in [5.74, 6) is -0.0264. The Hall–Kier alpha value is -2.15. The molecule has 130 valence electrons. The fraction of sp³-hybridized carbons (Fsp3) is 0.588. The van der Waals surface area contributed by atoms with Gasteiger partial charge in [-0.15, -0.1) is 0 Å². The molecule has 2 aromatic heterocycles. The molecule has 1 amide bonds. The van der Waals surface area contributed by atoms with E-state index in [0.717, 1.165) is 44.1 Å². The van der Waals surface area contributed by atoms with E-state index in [4.69, 9.17) is 0 Å². The Morgan fingerprint density at radius 1 is 1.29 bits per heavy atom. The molecular formula is C17H26N6O. The van der Waals surface area contributed by atoms with E-state index in [1.807, 2.05) is 0 Å². The molecule has 3 heterocycles. The fourth-order valence-electron chi connectivity index (χ4n) is 3.31. The van der Waals surface area contributed by atoms with E-state index < -0.39 is 0 Å². The van der Waals surface area contributed by atoms with Gasteiger partial charge in [-0.3, -0.25) is 19.1 Å². The predicted molar refractivity (Wildman–Crippen MR) is 91.2 cm³/mol. The molecule has 0 radical (unpaired) electrons. The van der Waals surface area contributed by atoms with Gasteiger partial charge < -0.3 is 5.32 Å². The van der Waals surface area contributed by atoms with Gasteiger partial charge in [-0.25, -0.2) is 0 Å². The van der Waals surface area contributed by atoms with Crippen LogP contribution in [0.2, 0.25) is 0 Å². The second kappa shape index (κ2) is 6.76. The number of aromatic nitrogens is 4. The zero-order valence-corrected chi connectivity index (χ0v) is 15.0. The minimum Gasteiger partial charge on any atom is -0.351 e. The van der Waals surface area contributed by atoms with Crippen LogP contribution in [-0.4, -0.2) is 36.9 Å². The molecule has 3 rings (SSSR count). The van der Waals surface area contributed by atoms with Crippen molar-refractivity contribution in [1.29, 1.82) is 0 Å². The van der Waals surface area contributed by atoms with Gasteiger partial charge in [0.15, 0.2) is 0 Å². The van der Waals surface area contributed by atoms with Crippen molar-refractivity contribution in [3.8, 4) is 0 Å². The van der Waals surface area contributed by atoms with Gasteiger partial charge >= 0.3 is 0 Å². The van der Waals surface area contributed by atoms with Gasteiger partial charge in [-0.05, 0) is 26.8 Å². The highest BCUT2D eigenvalue weighted by molar-refractivity contribution is 5.72. The van der Waals surface area contributed by atoms with Crippen LogP contribution in [0.15, 0.2) is 6.07 Å². The molecule has 1 N–H and O–H groups in total. The quantitative estimate of drug-likeness (QED) is 0.899. The molecule has 24 heavy (non-hydrogen) atoms. The third-order valence-corrected chi connectivity index (χ3v) is 4.66. The lowest BCUT2D eigenvalue weighted by atomic mass is 10.1. The summed E-state index contributed by atoms with van der Waals surface area (Å²) in [6.45, 7) is 13.0. The minimum absolute atomic E-state index is 0.0264. The van der Waals surface area contributed by atoms with E-state index >= 15 is 0 Å². The normalized spacial score (nSPS) is 14.7. The second-order valence-electron chi connectivity index (χ2n) is 6.44. The van der Waals surface area contributed by atoms with Crippen LogP contribution in [0.4, 0.5) is 0 Å². The highest BCUT2D eigenvalue weighted by atomic mass is 16.1. The van der Waals surface area contributed by atoms with Gasteiger partial charge in [0, 0.05) is 44.4 Å². The minimum atomic E-state index is -0.0264. The van der Waals surface area contributed by atoms with E-state index in [1.54, 1.807) is 0 Å². The number of hydrogen-bond acceptors (Lipinski definition) is 4. The summed E-state index contributed by atoms with van der Waals surface area (Å²) < 4.78 is 4.13. The van der Waals surface area contributed by atoms with Crippen LogP contribution in [0, 0.1) is 13.8 Å². The van der Waals surface area contributed by atoms with Crippen LogP contribution in [0.25, 0.3) is 0 Å². The standard InChI is InChI=1S/C17H26N6O/c1-5-22-13(3)17(12(2)19-22)11-21-6-7-23-16(10-21)8-15(20-23)9-18-14(4)24/h8H,5-7,9-11H2,1-4H3,(H,18,24). The Morgan fingerprint density at radius 2 is 2.08 bits per heavy atom. The van der Waals surface area contributed by atoms with Crippen molar-refractivity contribution in [2.24, 2.45) is 0 Å². The van der Waals surface area contributed by atoms with Crippen molar-refractivity contribution < 1.29 is 4.79 Å². The first kappa shape index (κ1) is 16.7. The van der Waals surface area contributed by atoms with Crippen LogP contribution in [0.3, 0.4) is 0 Å². The second-order valence-corrected chi connectivity index (χ2v) is 6.44. The molecule has 1 aliphatic rings. The number of nitrogens with one attached hydrogen (secondary N) is 1. The van der Waals surface area contributed by atoms with Gasteiger partial charge in [0.05, 0.1) is 30.2 Å². The van der Waals surface area contributed by atoms with Crippen molar-refractivity contribution in [3.05, 3.63) is 34.4 Å². The average molecular weight is 330 g/mol. The summed E-state index contributed by atoms with van der Waals surface area (Å²) in [6, 6.07) is 2.09. The Bertz CT molecular complexity index is 745. The van der Waals surface area contributed by atoms with E-state index in [1.165, 1.54) is 23.9 Å². The summed E-state index contributed by atoms with van der Waals surface area (Å²) in [7, 11) is 0. The molecule has 0 spiro atoms. The third kappa shape index (κ3) is 3.36. The maximum Gasteiger partial charge on any atom is 0.217 e. The Balaban J connectivity index is 1.69. The van der Waals surface area contributed by atoms with E-state index in [-0.39, 0.29) is 5.91 Å². The average Bonchev–Trinajstić information content (AvgIpc) is 3.07. The molecule has 0 aliphatic carbocycles. The van der Waals surface area contributed by atoms with Crippen molar-refractivity contribution >= 4 is 5.91 Å². The van der Waals surface area contributed by atoms with Gasteiger partial charge in [-0.1, -0.05) is 0 Å². The lowest BCUT2D eigenvalue weighted by molar-refractivity contribution is -0.119. The van der Waals surface area contributed by atoms with Crippen LogP contribution >= 0.6 is 0 Å². The highest BCUT2D eigenvalue weighted by Crippen LogP contribution is 2.20. The van der Waals surface area contributed by atoms with E-state index in [2.05, 4.69) is 56.6 Å². The van der Waals surface area contributed by atoms with Crippen molar-refractivity contribution in [2.75, 3.05) is 6.54 Å². The van der Waals surface area contributed by atoms with E-state index in [9.17, 15) is 4.79 Å². The number of carbonyl (C=O) groups excluding carboxylic acids is 1. The smallest absolute Gasteiger partial charge is 0.217 e. The first-order chi connectivity index (χ1) is 11.5. The number of hydrogen-bond donors (Lipinski definition) is 1. The Morgan fingerprint density at radius 3 is 2.75 bits per heavy atom. The van der Waals surface area contributed by atoms with Crippen molar-refractivity contribution in [3.63, 3.8) is 0 Å². The Labute approximate surface area is 142 Å². The van der Waals surface area contributed by atoms with Crippen molar-refractivity contribution in [1.82, 2.24) is 29.8 Å². The molecule has 0 unspecified atom stereocenters. The Kier molecular flexibility index (Phi) is 4.71. The highest BCUT2D eigenvalue weighted by Gasteiger charge is 2.21. The lowest BCUT2D eigenvalue weighted by Gasteiger charge is -2.27. The first-order valence-electron chi connectivity index (χ1n) is 8.53. The molecule has 0 saturated carbocycles. The van der Waals surface area contributed by atoms with Crippen LogP contribution < -0.4 is 5.32 Å².